The molecule has 0 saturated heterocycles. The number of methoxy groups -OCH3 is 1. The van der Waals surface area contributed by atoms with Crippen molar-refractivity contribution in [1.29, 1.82) is 0 Å². The Kier molecular flexibility index (Phi) is 6.88. The molecule has 0 radical (unpaired) electrons. The van der Waals surface area contributed by atoms with Gasteiger partial charge in [-0.1, -0.05) is 50.2 Å². The first kappa shape index (κ1) is 20.9. The number of carboxylic acids is 1. The van der Waals surface area contributed by atoms with Gasteiger partial charge in [0, 0.05) is 24.0 Å². The molecule has 0 saturated carbocycles. The van der Waals surface area contributed by atoms with Crippen LogP contribution in [0.1, 0.15) is 37.3 Å². The molecule has 2 aromatic carbocycles. The van der Waals surface area contributed by atoms with E-state index in [0.717, 1.165) is 27.7 Å². The summed E-state index contributed by atoms with van der Waals surface area (Å²) in [6.45, 7) is 5.32. The minimum absolute atomic E-state index is 0.0575. The van der Waals surface area contributed by atoms with Crippen LogP contribution in [0.5, 0.6) is 5.75 Å². The molecular formula is C23H26N2O3S. The summed E-state index contributed by atoms with van der Waals surface area (Å²) in [6.07, 6.45) is 0.0575. The van der Waals surface area contributed by atoms with Crippen molar-refractivity contribution < 1.29 is 14.6 Å². The zero-order chi connectivity index (χ0) is 20.8. The van der Waals surface area contributed by atoms with E-state index >= 15 is 0 Å². The standard InChI is InChI=1S/C23H26N2O3S/c1-16(2)18-7-9-19(10-8-18)21-15-29-23(24-21)25(12-11-22(26)27)14-17-5-4-6-20(13-17)28-3/h4-10,13,15-16H,11-12,14H2,1-3H3,(H,26,27). The normalized spacial score (nSPS) is 10.9. The molecule has 0 aliphatic rings. The van der Waals surface area contributed by atoms with Gasteiger partial charge in [-0.05, 0) is 29.2 Å². The summed E-state index contributed by atoms with van der Waals surface area (Å²) in [5.41, 5.74) is 4.32. The molecule has 1 heterocycles. The number of aliphatic carboxylic acids is 1. The van der Waals surface area contributed by atoms with Gasteiger partial charge in [0.1, 0.15) is 5.75 Å². The highest BCUT2D eigenvalue weighted by Gasteiger charge is 2.15. The van der Waals surface area contributed by atoms with Gasteiger partial charge in [0.25, 0.3) is 0 Å². The molecule has 1 N–H and O–H groups in total. The van der Waals surface area contributed by atoms with Gasteiger partial charge in [0.15, 0.2) is 5.13 Å². The van der Waals surface area contributed by atoms with Gasteiger partial charge >= 0.3 is 5.97 Å². The van der Waals surface area contributed by atoms with Crippen molar-refractivity contribution in [1.82, 2.24) is 4.98 Å². The van der Waals surface area contributed by atoms with Gasteiger partial charge in [-0.3, -0.25) is 4.79 Å². The predicted molar refractivity (Wildman–Crippen MR) is 118 cm³/mol. The van der Waals surface area contributed by atoms with Gasteiger partial charge in [0.2, 0.25) is 0 Å². The molecule has 0 bridgehead atoms. The predicted octanol–water partition coefficient (Wildman–Crippen LogP) is 5.42. The van der Waals surface area contributed by atoms with Gasteiger partial charge in [-0.2, -0.15) is 0 Å². The highest BCUT2D eigenvalue weighted by Crippen LogP contribution is 2.30. The van der Waals surface area contributed by atoms with Crippen LogP contribution in [-0.4, -0.2) is 29.7 Å². The van der Waals surface area contributed by atoms with E-state index in [1.54, 1.807) is 7.11 Å². The van der Waals surface area contributed by atoms with Crippen LogP contribution in [0.4, 0.5) is 5.13 Å². The summed E-state index contributed by atoms with van der Waals surface area (Å²) in [4.78, 5) is 17.9. The van der Waals surface area contributed by atoms with Crippen LogP contribution in [0.3, 0.4) is 0 Å². The summed E-state index contributed by atoms with van der Waals surface area (Å²) in [6, 6.07) is 16.3. The zero-order valence-corrected chi connectivity index (χ0v) is 17.8. The van der Waals surface area contributed by atoms with E-state index in [1.165, 1.54) is 16.9 Å². The monoisotopic (exact) mass is 410 g/mol. The average Bonchev–Trinajstić information content (AvgIpc) is 3.21. The number of ether oxygens (including phenoxy) is 1. The first-order valence-corrected chi connectivity index (χ1v) is 10.5. The lowest BCUT2D eigenvalue weighted by Crippen LogP contribution is -2.25. The van der Waals surface area contributed by atoms with E-state index in [-0.39, 0.29) is 6.42 Å². The summed E-state index contributed by atoms with van der Waals surface area (Å²) < 4.78 is 5.30. The van der Waals surface area contributed by atoms with Crippen LogP contribution >= 0.6 is 11.3 Å². The van der Waals surface area contributed by atoms with Crippen molar-refractivity contribution in [2.45, 2.75) is 32.7 Å². The lowest BCUT2D eigenvalue weighted by Gasteiger charge is -2.21. The molecule has 0 aliphatic carbocycles. The largest absolute Gasteiger partial charge is 0.497 e. The Morgan fingerprint density at radius 3 is 2.62 bits per heavy atom. The van der Waals surface area contributed by atoms with E-state index in [4.69, 9.17) is 14.8 Å². The minimum Gasteiger partial charge on any atom is -0.497 e. The molecule has 0 atom stereocenters. The number of hydrogen-bond acceptors (Lipinski definition) is 5. The molecule has 1 aromatic heterocycles. The maximum absolute atomic E-state index is 11.1. The Morgan fingerprint density at radius 1 is 1.21 bits per heavy atom. The van der Waals surface area contributed by atoms with Crippen molar-refractivity contribution in [3.05, 3.63) is 65.0 Å². The van der Waals surface area contributed by atoms with Crippen LogP contribution in [-0.2, 0) is 11.3 Å². The number of hydrogen-bond donors (Lipinski definition) is 1. The zero-order valence-electron chi connectivity index (χ0n) is 17.0. The van der Waals surface area contributed by atoms with Crippen LogP contribution in [0.25, 0.3) is 11.3 Å². The van der Waals surface area contributed by atoms with Crippen molar-refractivity contribution in [2.75, 3.05) is 18.6 Å². The minimum atomic E-state index is -0.818. The SMILES string of the molecule is COc1cccc(CN(CCC(=O)O)c2nc(-c3ccc(C(C)C)cc3)cs2)c1. The first-order chi connectivity index (χ1) is 14.0. The van der Waals surface area contributed by atoms with Crippen LogP contribution in [0.15, 0.2) is 53.9 Å². The molecule has 152 valence electrons. The third-order valence-corrected chi connectivity index (χ3v) is 5.64. The summed E-state index contributed by atoms with van der Waals surface area (Å²) in [5.74, 6) is 0.455. The van der Waals surface area contributed by atoms with E-state index in [9.17, 15) is 4.79 Å². The molecular weight excluding hydrogens is 384 g/mol. The number of rotatable bonds is 9. The van der Waals surface area contributed by atoms with Crippen LogP contribution < -0.4 is 9.64 Å². The topological polar surface area (TPSA) is 62.7 Å². The van der Waals surface area contributed by atoms with E-state index in [1.807, 2.05) is 34.5 Å². The fourth-order valence-electron chi connectivity index (χ4n) is 3.05. The lowest BCUT2D eigenvalue weighted by molar-refractivity contribution is -0.136. The number of carbonyl (C=O) groups is 1. The smallest absolute Gasteiger partial charge is 0.305 e. The highest BCUT2D eigenvalue weighted by atomic mass is 32.1. The number of benzene rings is 2. The number of aromatic nitrogens is 1. The van der Waals surface area contributed by atoms with Crippen molar-refractivity contribution in [3.8, 4) is 17.0 Å². The molecule has 0 unspecified atom stereocenters. The third-order valence-electron chi connectivity index (χ3n) is 4.74. The Bertz CT molecular complexity index is 951. The quantitative estimate of drug-likeness (QED) is 0.510. The Balaban J connectivity index is 1.82. The Labute approximate surface area is 175 Å². The third kappa shape index (κ3) is 5.57. The van der Waals surface area contributed by atoms with E-state index in [2.05, 4.69) is 38.1 Å². The molecule has 0 spiro atoms. The fourth-order valence-corrected chi connectivity index (χ4v) is 3.91. The molecule has 3 rings (SSSR count). The van der Waals surface area contributed by atoms with Gasteiger partial charge < -0.3 is 14.7 Å². The fraction of sp³-hybridized carbons (Fsp3) is 0.304. The van der Waals surface area contributed by atoms with Crippen LogP contribution in [0, 0.1) is 0 Å². The molecule has 5 nitrogen and oxygen atoms in total. The van der Waals surface area contributed by atoms with E-state index < -0.39 is 5.97 Å². The number of nitrogens with zero attached hydrogens (tertiary/aromatic N) is 2. The Hall–Kier alpha value is -2.86. The number of anilines is 1. The van der Waals surface area contributed by atoms with Crippen molar-refractivity contribution in [2.24, 2.45) is 0 Å². The maximum Gasteiger partial charge on any atom is 0.305 e. The molecule has 29 heavy (non-hydrogen) atoms. The maximum atomic E-state index is 11.1. The summed E-state index contributed by atoms with van der Waals surface area (Å²) >= 11 is 1.53. The van der Waals surface area contributed by atoms with Gasteiger partial charge in [-0.15, -0.1) is 11.3 Å². The molecule has 0 aliphatic heterocycles. The molecule has 0 amide bonds. The van der Waals surface area contributed by atoms with Crippen LogP contribution in [0.2, 0.25) is 0 Å². The van der Waals surface area contributed by atoms with Crippen molar-refractivity contribution >= 4 is 22.4 Å². The second-order valence-corrected chi connectivity index (χ2v) is 8.05. The average molecular weight is 411 g/mol. The summed E-state index contributed by atoms with van der Waals surface area (Å²) in [7, 11) is 1.64. The van der Waals surface area contributed by atoms with Crippen molar-refractivity contribution in [3.63, 3.8) is 0 Å². The van der Waals surface area contributed by atoms with E-state index in [0.29, 0.717) is 19.0 Å². The van der Waals surface area contributed by atoms with Gasteiger partial charge in [0.05, 0.1) is 19.2 Å². The second kappa shape index (κ2) is 9.56. The lowest BCUT2D eigenvalue weighted by atomic mass is 10.0. The number of thiazole rings is 1. The summed E-state index contributed by atoms with van der Waals surface area (Å²) in [5, 5.41) is 12.0. The second-order valence-electron chi connectivity index (χ2n) is 7.21. The molecule has 0 fully saturated rings. The molecule has 6 heteroatoms. The number of carboxylic acid groups (broad SMARTS) is 1. The highest BCUT2D eigenvalue weighted by molar-refractivity contribution is 7.14. The first-order valence-electron chi connectivity index (χ1n) is 9.62. The molecule has 3 aromatic rings. The Morgan fingerprint density at radius 2 is 1.97 bits per heavy atom. The van der Waals surface area contributed by atoms with Gasteiger partial charge in [-0.25, -0.2) is 4.98 Å².